The Bertz CT molecular complexity index is 1350. The molecule has 0 saturated heterocycles. The summed E-state index contributed by atoms with van der Waals surface area (Å²) in [7, 11) is -2.44. The fraction of sp³-hybridized carbons (Fsp3) is 0.367. The Morgan fingerprint density at radius 2 is 1.60 bits per heavy atom. The third-order valence-electron chi connectivity index (χ3n) is 6.45. The van der Waals surface area contributed by atoms with Gasteiger partial charge in [0.25, 0.3) is 0 Å². The minimum Gasteiger partial charge on any atom is -0.504 e. The molecule has 4 N–H and O–H groups in total. The lowest BCUT2D eigenvalue weighted by molar-refractivity contribution is -0.122. The summed E-state index contributed by atoms with van der Waals surface area (Å²) in [5.74, 6) is -0.319. The first-order chi connectivity index (χ1) is 19.0. The molecule has 0 spiro atoms. The Labute approximate surface area is 236 Å². The molecule has 0 radical (unpaired) electrons. The highest BCUT2D eigenvalue weighted by molar-refractivity contribution is 7.89. The van der Waals surface area contributed by atoms with Gasteiger partial charge < -0.3 is 25.4 Å². The number of sulfonamides is 1. The molecular formula is C30H38N2O7S. The first-order valence-electron chi connectivity index (χ1n) is 13.2. The van der Waals surface area contributed by atoms with E-state index in [-0.39, 0.29) is 47.7 Å². The van der Waals surface area contributed by atoms with Gasteiger partial charge in [0.1, 0.15) is 5.75 Å². The van der Waals surface area contributed by atoms with Gasteiger partial charge in [0.2, 0.25) is 15.9 Å². The van der Waals surface area contributed by atoms with Gasteiger partial charge in [0.15, 0.2) is 11.5 Å². The number of rotatable bonds is 14. The molecule has 3 aromatic carbocycles. The number of aryl methyl sites for hydroxylation is 1. The zero-order valence-electron chi connectivity index (χ0n) is 23.0. The SMILES string of the molecule is COc1ccc(S(=O)(=O)N(CC(C)C)C[C@@H](O)[C@H](Cc2ccccc2)NC(=O)CCc2ccc(O)c(O)c2)cc1. The van der Waals surface area contributed by atoms with E-state index < -0.39 is 22.2 Å². The van der Waals surface area contributed by atoms with Crippen LogP contribution < -0.4 is 10.1 Å². The first-order valence-corrected chi connectivity index (χ1v) is 14.6. The molecule has 0 aliphatic carbocycles. The van der Waals surface area contributed by atoms with Crippen LogP contribution in [0.2, 0.25) is 0 Å². The van der Waals surface area contributed by atoms with E-state index in [1.165, 1.54) is 35.7 Å². The van der Waals surface area contributed by atoms with Gasteiger partial charge in [-0.1, -0.05) is 50.2 Å². The van der Waals surface area contributed by atoms with E-state index in [0.29, 0.717) is 24.2 Å². The maximum absolute atomic E-state index is 13.6. The van der Waals surface area contributed by atoms with Crippen LogP contribution in [-0.4, -0.2) is 66.3 Å². The van der Waals surface area contributed by atoms with Crippen LogP contribution in [0.15, 0.2) is 77.7 Å². The molecule has 2 atom stereocenters. The van der Waals surface area contributed by atoms with Gasteiger partial charge in [-0.15, -0.1) is 0 Å². The standard InChI is InChI=1S/C30H38N2O7S/c1-21(2)19-32(40(37,38)25-13-11-24(39-3)12-14-25)20-29(35)26(17-22-7-5-4-6-8-22)31-30(36)16-10-23-9-15-27(33)28(34)18-23/h4-9,11-15,18,21,26,29,33-35H,10,16-17,19-20H2,1-3H3,(H,31,36)/t26-,29+/m0/s1. The van der Waals surface area contributed by atoms with E-state index >= 15 is 0 Å². The summed E-state index contributed by atoms with van der Waals surface area (Å²) in [5, 5.41) is 33.5. The number of hydrogen-bond donors (Lipinski definition) is 4. The first kappa shape index (κ1) is 30.9. The molecule has 0 saturated carbocycles. The smallest absolute Gasteiger partial charge is 0.243 e. The molecule has 0 aliphatic heterocycles. The molecule has 3 aromatic rings. The Morgan fingerprint density at radius 1 is 0.925 bits per heavy atom. The molecule has 0 fully saturated rings. The zero-order chi connectivity index (χ0) is 29.3. The van der Waals surface area contributed by atoms with E-state index in [1.807, 2.05) is 44.2 Å². The largest absolute Gasteiger partial charge is 0.504 e. The average Bonchev–Trinajstić information content (AvgIpc) is 2.93. The minimum absolute atomic E-state index is 0.0101. The van der Waals surface area contributed by atoms with E-state index in [1.54, 1.807) is 18.2 Å². The van der Waals surface area contributed by atoms with Crippen molar-refractivity contribution in [3.05, 3.63) is 83.9 Å². The molecule has 0 heterocycles. The quantitative estimate of drug-likeness (QED) is 0.218. The molecule has 9 nitrogen and oxygen atoms in total. The number of methoxy groups -OCH3 is 1. The summed E-state index contributed by atoms with van der Waals surface area (Å²) < 4.78 is 33.5. The number of phenolic OH excluding ortho intramolecular Hbond substituents is 2. The fourth-order valence-electron chi connectivity index (χ4n) is 4.32. The molecule has 10 heteroatoms. The Kier molecular flexibility index (Phi) is 10.9. The van der Waals surface area contributed by atoms with Crippen molar-refractivity contribution in [2.24, 2.45) is 5.92 Å². The van der Waals surface area contributed by atoms with Crippen LogP contribution >= 0.6 is 0 Å². The Morgan fingerprint density at radius 3 is 2.20 bits per heavy atom. The van der Waals surface area contributed by atoms with Gasteiger partial charge in [0.05, 0.1) is 24.2 Å². The van der Waals surface area contributed by atoms with Crippen LogP contribution in [0.3, 0.4) is 0 Å². The normalized spacial score (nSPS) is 13.2. The summed E-state index contributed by atoms with van der Waals surface area (Å²) >= 11 is 0. The average molecular weight is 571 g/mol. The van der Waals surface area contributed by atoms with Crippen molar-refractivity contribution < 1.29 is 33.3 Å². The van der Waals surface area contributed by atoms with Crippen molar-refractivity contribution in [1.82, 2.24) is 9.62 Å². The lowest BCUT2D eigenvalue weighted by Crippen LogP contribution is -2.51. The summed E-state index contributed by atoms with van der Waals surface area (Å²) in [6, 6.07) is 19.0. The van der Waals surface area contributed by atoms with Crippen LogP contribution in [0.5, 0.6) is 17.2 Å². The molecule has 0 aromatic heterocycles. The molecular weight excluding hydrogens is 532 g/mol. The number of hydrogen-bond acceptors (Lipinski definition) is 7. The number of nitrogens with zero attached hydrogens (tertiary/aromatic N) is 1. The fourth-order valence-corrected chi connectivity index (χ4v) is 5.94. The molecule has 0 bridgehead atoms. The van der Waals surface area contributed by atoms with Crippen molar-refractivity contribution in [3.63, 3.8) is 0 Å². The van der Waals surface area contributed by atoms with E-state index in [9.17, 15) is 28.5 Å². The number of nitrogens with one attached hydrogen (secondary N) is 1. The molecule has 216 valence electrons. The van der Waals surface area contributed by atoms with Gasteiger partial charge in [-0.3, -0.25) is 4.79 Å². The van der Waals surface area contributed by atoms with Gasteiger partial charge in [-0.05, 0) is 66.3 Å². The van der Waals surface area contributed by atoms with Crippen molar-refractivity contribution in [3.8, 4) is 17.2 Å². The molecule has 40 heavy (non-hydrogen) atoms. The number of ether oxygens (including phenoxy) is 1. The van der Waals surface area contributed by atoms with Gasteiger partial charge in [-0.2, -0.15) is 4.31 Å². The molecule has 3 rings (SSSR count). The van der Waals surface area contributed by atoms with E-state index in [2.05, 4.69) is 5.32 Å². The number of phenols is 2. The summed E-state index contributed by atoms with van der Waals surface area (Å²) in [6.07, 6.45) is -0.527. The topological polar surface area (TPSA) is 136 Å². The van der Waals surface area contributed by atoms with Crippen molar-refractivity contribution in [2.75, 3.05) is 20.2 Å². The monoisotopic (exact) mass is 570 g/mol. The van der Waals surface area contributed by atoms with E-state index in [4.69, 9.17) is 4.74 Å². The highest BCUT2D eigenvalue weighted by Crippen LogP contribution is 2.25. The maximum Gasteiger partial charge on any atom is 0.243 e. The number of amides is 1. The number of aromatic hydroxyl groups is 2. The lowest BCUT2D eigenvalue weighted by atomic mass is 10.00. The van der Waals surface area contributed by atoms with Crippen LogP contribution in [0, 0.1) is 5.92 Å². The van der Waals surface area contributed by atoms with Crippen molar-refractivity contribution in [2.45, 2.75) is 50.2 Å². The van der Waals surface area contributed by atoms with Crippen molar-refractivity contribution >= 4 is 15.9 Å². The van der Waals surface area contributed by atoms with Crippen LogP contribution in [0.1, 0.15) is 31.4 Å². The number of benzene rings is 3. The van der Waals surface area contributed by atoms with Crippen LogP contribution in [0.25, 0.3) is 0 Å². The van der Waals surface area contributed by atoms with E-state index in [0.717, 1.165) is 5.56 Å². The Balaban J connectivity index is 1.79. The second-order valence-electron chi connectivity index (χ2n) is 10.1. The van der Waals surface area contributed by atoms with Crippen molar-refractivity contribution in [1.29, 1.82) is 0 Å². The number of carbonyl (C=O) groups excluding carboxylic acids is 1. The maximum atomic E-state index is 13.6. The molecule has 0 unspecified atom stereocenters. The third kappa shape index (κ3) is 8.70. The number of carbonyl (C=O) groups is 1. The predicted octanol–water partition coefficient (Wildman–Crippen LogP) is 3.47. The lowest BCUT2D eigenvalue weighted by Gasteiger charge is -2.31. The van der Waals surface area contributed by atoms with Crippen LogP contribution in [0.4, 0.5) is 0 Å². The van der Waals surface area contributed by atoms with Gasteiger partial charge in [-0.25, -0.2) is 8.42 Å². The Hall–Kier alpha value is -3.60. The van der Waals surface area contributed by atoms with Gasteiger partial charge >= 0.3 is 0 Å². The zero-order valence-corrected chi connectivity index (χ0v) is 23.8. The minimum atomic E-state index is -3.94. The number of aliphatic hydroxyl groups excluding tert-OH is 1. The van der Waals surface area contributed by atoms with Gasteiger partial charge in [0, 0.05) is 19.5 Å². The predicted molar refractivity (Wildman–Crippen MR) is 153 cm³/mol. The summed E-state index contributed by atoms with van der Waals surface area (Å²) in [6.45, 7) is 3.76. The second kappa shape index (κ2) is 14.2. The summed E-state index contributed by atoms with van der Waals surface area (Å²) in [5.41, 5.74) is 1.54. The molecule has 1 amide bonds. The summed E-state index contributed by atoms with van der Waals surface area (Å²) in [4.78, 5) is 13.0. The van der Waals surface area contributed by atoms with Crippen LogP contribution in [-0.2, 0) is 27.7 Å². The number of aliphatic hydroxyl groups is 1. The highest BCUT2D eigenvalue weighted by atomic mass is 32.2. The highest BCUT2D eigenvalue weighted by Gasteiger charge is 2.31. The second-order valence-corrected chi connectivity index (χ2v) is 12.1. The third-order valence-corrected chi connectivity index (χ3v) is 8.29. The molecule has 0 aliphatic rings.